The maximum atomic E-state index is 5.70. The first kappa shape index (κ1) is 31.5. The van der Waals surface area contributed by atoms with Crippen LogP contribution in [0.1, 0.15) is 69.1 Å². The third kappa shape index (κ3) is 10.6. The molecule has 0 saturated heterocycles. The normalized spacial score (nSPS) is 11.5. The van der Waals surface area contributed by atoms with Crippen LogP contribution in [0.3, 0.4) is 0 Å². The molecule has 0 aliphatic heterocycles. The average molecular weight is 500 g/mol. The molecule has 0 bridgehead atoms. The third-order valence-corrected chi connectivity index (χ3v) is 5.78. The van der Waals surface area contributed by atoms with Crippen molar-refractivity contribution in [1.29, 1.82) is 0 Å². The van der Waals surface area contributed by atoms with Crippen molar-refractivity contribution in [3.63, 3.8) is 0 Å². The molecule has 0 heterocycles. The number of rotatable bonds is 15. The number of ether oxygens (including phenoxy) is 2. The summed E-state index contributed by atoms with van der Waals surface area (Å²) in [7, 11) is 3.43. The third-order valence-electron chi connectivity index (χ3n) is 5.78. The second kappa shape index (κ2) is 17.9. The zero-order chi connectivity index (χ0) is 22.5. The van der Waals surface area contributed by atoms with E-state index in [1.165, 1.54) is 36.0 Å². The molecular weight excluding hydrogens is 455 g/mol. The van der Waals surface area contributed by atoms with Gasteiger partial charge in [0.05, 0.1) is 20.4 Å². The fourth-order valence-electron chi connectivity index (χ4n) is 4.13. The lowest BCUT2D eigenvalue weighted by Gasteiger charge is -2.22. The zero-order valence-electron chi connectivity index (χ0n) is 21.0. The molecule has 0 aliphatic rings. The van der Waals surface area contributed by atoms with E-state index in [2.05, 4.69) is 67.8 Å². The fourth-order valence-corrected chi connectivity index (χ4v) is 4.13. The fraction of sp³-hybridized carbons (Fsp3) is 0.556. The Morgan fingerprint density at radius 3 is 2.06 bits per heavy atom. The van der Waals surface area contributed by atoms with Gasteiger partial charge < -0.3 is 20.1 Å². The van der Waals surface area contributed by atoms with Crippen LogP contribution in [0, 0.1) is 0 Å². The van der Waals surface area contributed by atoms with E-state index in [0.717, 1.165) is 43.9 Å². The first-order chi connectivity index (χ1) is 15.1. The molecule has 33 heavy (non-hydrogen) atoms. The Morgan fingerprint density at radius 2 is 1.48 bits per heavy atom. The summed E-state index contributed by atoms with van der Waals surface area (Å²) in [6.45, 7) is 8.61. The van der Waals surface area contributed by atoms with Gasteiger partial charge in [0.1, 0.15) is 0 Å². The van der Waals surface area contributed by atoms with Crippen molar-refractivity contribution in [3.05, 3.63) is 59.2 Å². The largest absolute Gasteiger partial charge is 0.493 e. The quantitative estimate of drug-likeness (QED) is 0.216. The molecule has 2 aromatic rings. The van der Waals surface area contributed by atoms with Gasteiger partial charge in [-0.15, -0.1) is 24.8 Å². The molecule has 2 N–H and O–H groups in total. The van der Waals surface area contributed by atoms with Gasteiger partial charge in [0, 0.05) is 18.7 Å². The maximum Gasteiger partial charge on any atom is 0.164 e. The smallest absolute Gasteiger partial charge is 0.164 e. The molecule has 2 aromatic carbocycles. The second-order valence-electron chi connectivity index (χ2n) is 8.47. The van der Waals surface area contributed by atoms with Gasteiger partial charge in [0.15, 0.2) is 11.5 Å². The van der Waals surface area contributed by atoms with Gasteiger partial charge in [-0.25, -0.2) is 0 Å². The van der Waals surface area contributed by atoms with E-state index in [1.807, 2.05) is 6.07 Å². The number of hydrogen-bond acceptors (Lipinski definition) is 4. The summed E-state index contributed by atoms with van der Waals surface area (Å²) in [6, 6.07) is 14.9. The molecule has 1 unspecified atom stereocenters. The van der Waals surface area contributed by atoms with E-state index in [4.69, 9.17) is 9.47 Å². The molecule has 0 saturated carbocycles. The van der Waals surface area contributed by atoms with Crippen LogP contribution in [0.2, 0.25) is 0 Å². The standard InChI is InChI=1S/C27H42N2O2.2ClH/c1-6-7-9-14-25(28-19-17-22-12-10-8-11-13-22)29-20-18-23-15-16-24(30-4)27(31-5)26(23)21(2)3;;/h8,10-13,15-16,21,25,28-29H,6-7,9,14,17-20H2,1-5H3;2*1H. The van der Waals surface area contributed by atoms with E-state index >= 15 is 0 Å². The van der Waals surface area contributed by atoms with E-state index in [1.54, 1.807) is 14.2 Å². The SMILES string of the molecule is CCCCCC(NCCc1ccccc1)NCCc1ccc(OC)c(OC)c1C(C)C.Cl.Cl. The summed E-state index contributed by atoms with van der Waals surface area (Å²) >= 11 is 0. The molecule has 0 aromatic heterocycles. The zero-order valence-corrected chi connectivity index (χ0v) is 22.6. The summed E-state index contributed by atoms with van der Waals surface area (Å²) < 4.78 is 11.2. The van der Waals surface area contributed by atoms with Gasteiger partial charge in [0.2, 0.25) is 0 Å². The predicted octanol–water partition coefficient (Wildman–Crippen LogP) is 6.54. The average Bonchev–Trinajstić information content (AvgIpc) is 2.78. The molecule has 0 spiro atoms. The minimum absolute atomic E-state index is 0. The van der Waals surface area contributed by atoms with E-state index in [9.17, 15) is 0 Å². The Hall–Kier alpha value is -1.46. The van der Waals surface area contributed by atoms with Crippen molar-refractivity contribution < 1.29 is 9.47 Å². The molecule has 2 rings (SSSR count). The molecule has 6 heteroatoms. The molecule has 4 nitrogen and oxygen atoms in total. The number of nitrogens with one attached hydrogen (secondary N) is 2. The number of methoxy groups -OCH3 is 2. The first-order valence-electron chi connectivity index (χ1n) is 11.8. The van der Waals surface area contributed by atoms with Gasteiger partial charge in [-0.1, -0.05) is 76.4 Å². The topological polar surface area (TPSA) is 42.5 Å². The first-order valence-corrected chi connectivity index (χ1v) is 11.8. The molecule has 1 atom stereocenters. The van der Waals surface area contributed by atoms with Crippen molar-refractivity contribution in [2.24, 2.45) is 0 Å². The molecular formula is C27H44Cl2N2O2. The molecule has 0 aliphatic carbocycles. The van der Waals surface area contributed by atoms with Crippen molar-refractivity contribution in [1.82, 2.24) is 10.6 Å². The predicted molar refractivity (Wildman–Crippen MR) is 146 cm³/mol. The van der Waals surface area contributed by atoms with Crippen molar-refractivity contribution in [2.45, 2.75) is 71.4 Å². The number of benzene rings is 2. The molecule has 0 radical (unpaired) electrons. The van der Waals surface area contributed by atoms with Crippen LogP contribution in [0.15, 0.2) is 42.5 Å². The van der Waals surface area contributed by atoms with Gasteiger partial charge in [0.25, 0.3) is 0 Å². The highest BCUT2D eigenvalue weighted by Crippen LogP contribution is 2.38. The number of hydrogen-bond donors (Lipinski definition) is 2. The van der Waals surface area contributed by atoms with Gasteiger partial charge in [-0.2, -0.15) is 0 Å². The lowest BCUT2D eigenvalue weighted by Crippen LogP contribution is -2.44. The highest BCUT2D eigenvalue weighted by Gasteiger charge is 2.18. The van der Waals surface area contributed by atoms with Crippen LogP contribution in [0.5, 0.6) is 11.5 Å². The second-order valence-corrected chi connectivity index (χ2v) is 8.47. The Kier molecular flexibility index (Phi) is 17.1. The Bertz CT molecular complexity index is 757. The number of unbranched alkanes of at least 4 members (excludes halogenated alkanes) is 2. The summed E-state index contributed by atoms with van der Waals surface area (Å²) in [5.74, 6) is 2.06. The minimum Gasteiger partial charge on any atom is -0.493 e. The summed E-state index contributed by atoms with van der Waals surface area (Å²) in [5.41, 5.74) is 3.97. The van der Waals surface area contributed by atoms with Crippen LogP contribution in [0.25, 0.3) is 0 Å². The van der Waals surface area contributed by atoms with Crippen molar-refractivity contribution >= 4 is 24.8 Å². The molecule has 0 fully saturated rings. The van der Waals surface area contributed by atoms with Crippen molar-refractivity contribution in [2.75, 3.05) is 27.3 Å². The van der Waals surface area contributed by atoms with Gasteiger partial charge >= 0.3 is 0 Å². The van der Waals surface area contributed by atoms with Crippen LogP contribution < -0.4 is 20.1 Å². The van der Waals surface area contributed by atoms with Crippen LogP contribution >= 0.6 is 24.8 Å². The van der Waals surface area contributed by atoms with E-state index in [-0.39, 0.29) is 24.8 Å². The molecule has 0 amide bonds. The molecule has 188 valence electrons. The van der Waals surface area contributed by atoms with Crippen LogP contribution in [-0.2, 0) is 12.8 Å². The lowest BCUT2D eigenvalue weighted by atomic mass is 9.93. The minimum atomic E-state index is 0. The highest BCUT2D eigenvalue weighted by atomic mass is 35.5. The monoisotopic (exact) mass is 498 g/mol. The Balaban J connectivity index is 0.00000512. The Morgan fingerprint density at radius 1 is 0.818 bits per heavy atom. The van der Waals surface area contributed by atoms with Crippen LogP contribution in [-0.4, -0.2) is 33.5 Å². The summed E-state index contributed by atoms with van der Waals surface area (Å²) in [5, 5.41) is 7.50. The van der Waals surface area contributed by atoms with Gasteiger partial charge in [-0.05, 0) is 42.4 Å². The van der Waals surface area contributed by atoms with Crippen molar-refractivity contribution in [3.8, 4) is 11.5 Å². The maximum absolute atomic E-state index is 5.70. The van der Waals surface area contributed by atoms with E-state index < -0.39 is 0 Å². The van der Waals surface area contributed by atoms with Gasteiger partial charge in [-0.3, -0.25) is 0 Å². The summed E-state index contributed by atoms with van der Waals surface area (Å²) in [4.78, 5) is 0. The summed E-state index contributed by atoms with van der Waals surface area (Å²) in [6.07, 6.45) is 7.31. The van der Waals surface area contributed by atoms with Crippen LogP contribution in [0.4, 0.5) is 0 Å². The highest BCUT2D eigenvalue weighted by molar-refractivity contribution is 5.85. The Labute approximate surface area is 214 Å². The van der Waals surface area contributed by atoms with E-state index in [0.29, 0.717) is 12.1 Å². The number of halogens is 2. The lowest BCUT2D eigenvalue weighted by molar-refractivity contribution is 0.349.